The molecule has 7 nitrogen and oxygen atoms in total. The minimum atomic E-state index is -0.634. The maximum Gasteiger partial charge on any atom is 0.244 e. The molecule has 0 saturated heterocycles. The molecule has 0 aliphatic carbocycles. The smallest absolute Gasteiger partial charge is 0.244 e. The molecule has 0 unspecified atom stereocenters. The van der Waals surface area contributed by atoms with Gasteiger partial charge in [0.05, 0.1) is 12.5 Å². The van der Waals surface area contributed by atoms with Crippen LogP contribution >= 0.6 is 0 Å². The van der Waals surface area contributed by atoms with Crippen LogP contribution in [-0.2, 0) is 14.4 Å². The van der Waals surface area contributed by atoms with Crippen LogP contribution in [0.5, 0.6) is 0 Å². The lowest BCUT2D eigenvalue weighted by Gasteiger charge is -2.23. The van der Waals surface area contributed by atoms with E-state index in [1.54, 1.807) is 21.0 Å². The van der Waals surface area contributed by atoms with Gasteiger partial charge < -0.3 is 10.2 Å². The van der Waals surface area contributed by atoms with Crippen molar-refractivity contribution in [3.8, 4) is 0 Å². The van der Waals surface area contributed by atoms with Crippen molar-refractivity contribution >= 4 is 18.2 Å². The second-order valence-electron chi connectivity index (χ2n) is 5.03. The first-order valence-corrected chi connectivity index (χ1v) is 6.75. The Labute approximate surface area is 119 Å². The van der Waals surface area contributed by atoms with E-state index in [9.17, 15) is 19.6 Å². The van der Waals surface area contributed by atoms with Gasteiger partial charge in [-0.3, -0.25) is 19.6 Å². The summed E-state index contributed by atoms with van der Waals surface area (Å²) < 4.78 is 0. The van der Waals surface area contributed by atoms with E-state index < -0.39 is 12.0 Å². The third-order valence-electron chi connectivity index (χ3n) is 2.98. The molecule has 2 atom stereocenters. The molecule has 116 valence electrons. The number of nitrogens with one attached hydrogen (secondary N) is 1. The van der Waals surface area contributed by atoms with Gasteiger partial charge in [-0.1, -0.05) is 19.8 Å². The second kappa shape index (κ2) is 9.30. The fourth-order valence-electron chi connectivity index (χ4n) is 1.80. The van der Waals surface area contributed by atoms with Gasteiger partial charge in [0.25, 0.3) is 0 Å². The highest BCUT2D eigenvalue weighted by atomic mass is 16.5. The molecule has 0 aromatic rings. The first-order chi connectivity index (χ1) is 9.33. The van der Waals surface area contributed by atoms with Gasteiger partial charge in [-0.2, -0.15) is 0 Å². The van der Waals surface area contributed by atoms with Crippen molar-refractivity contribution in [2.75, 3.05) is 20.6 Å². The van der Waals surface area contributed by atoms with Crippen LogP contribution < -0.4 is 5.32 Å². The Morgan fingerprint density at radius 2 is 1.95 bits per heavy atom. The summed E-state index contributed by atoms with van der Waals surface area (Å²) in [6.45, 7) is 3.52. The SMILES string of the molecule is CCCC[C@H](CN(O)C=O)C(=O)N[C@@H](C)C(=O)N(C)C. The first kappa shape index (κ1) is 18.4. The lowest BCUT2D eigenvalue weighted by Crippen LogP contribution is -2.47. The van der Waals surface area contributed by atoms with Crippen LogP contribution in [0.15, 0.2) is 0 Å². The van der Waals surface area contributed by atoms with Crippen LogP contribution in [0.2, 0.25) is 0 Å². The molecule has 0 aliphatic heterocycles. The first-order valence-electron chi connectivity index (χ1n) is 6.75. The summed E-state index contributed by atoms with van der Waals surface area (Å²) in [6, 6.07) is -0.634. The summed E-state index contributed by atoms with van der Waals surface area (Å²) in [5.74, 6) is -1.06. The summed E-state index contributed by atoms with van der Waals surface area (Å²) in [4.78, 5) is 35.6. The molecular formula is C13H25N3O4. The minimum Gasteiger partial charge on any atom is -0.347 e. The minimum absolute atomic E-state index is 0.0712. The Morgan fingerprint density at radius 3 is 2.40 bits per heavy atom. The lowest BCUT2D eigenvalue weighted by atomic mass is 10.0. The van der Waals surface area contributed by atoms with Crippen molar-refractivity contribution in [3.63, 3.8) is 0 Å². The third kappa shape index (κ3) is 6.51. The van der Waals surface area contributed by atoms with Crippen LogP contribution in [-0.4, -0.2) is 60.1 Å². The maximum absolute atomic E-state index is 12.1. The highest BCUT2D eigenvalue weighted by Crippen LogP contribution is 2.10. The zero-order valence-corrected chi connectivity index (χ0v) is 12.6. The van der Waals surface area contributed by atoms with Gasteiger partial charge in [-0.15, -0.1) is 0 Å². The predicted octanol–water partition coefficient (Wildman–Crippen LogP) is 0.233. The summed E-state index contributed by atoms with van der Waals surface area (Å²) in [5.41, 5.74) is 0. The second-order valence-corrected chi connectivity index (χ2v) is 5.03. The van der Waals surface area contributed by atoms with Crippen molar-refractivity contribution in [2.45, 2.75) is 39.2 Å². The van der Waals surface area contributed by atoms with Crippen molar-refractivity contribution in [3.05, 3.63) is 0 Å². The monoisotopic (exact) mass is 287 g/mol. The molecule has 7 heteroatoms. The van der Waals surface area contributed by atoms with Gasteiger partial charge in [0.15, 0.2) is 0 Å². The van der Waals surface area contributed by atoms with E-state index in [0.717, 1.165) is 12.8 Å². The van der Waals surface area contributed by atoms with Gasteiger partial charge in [-0.05, 0) is 13.3 Å². The van der Waals surface area contributed by atoms with Crippen molar-refractivity contribution in [1.29, 1.82) is 0 Å². The lowest BCUT2D eigenvalue weighted by molar-refractivity contribution is -0.155. The van der Waals surface area contributed by atoms with E-state index in [0.29, 0.717) is 11.5 Å². The number of hydrogen-bond donors (Lipinski definition) is 2. The van der Waals surface area contributed by atoms with Crippen molar-refractivity contribution in [1.82, 2.24) is 15.3 Å². The summed E-state index contributed by atoms with van der Waals surface area (Å²) >= 11 is 0. The van der Waals surface area contributed by atoms with E-state index in [4.69, 9.17) is 0 Å². The molecular weight excluding hydrogens is 262 g/mol. The van der Waals surface area contributed by atoms with E-state index >= 15 is 0 Å². The highest BCUT2D eigenvalue weighted by molar-refractivity contribution is 5.88. The molecule has 3 amide bonds. The number of nitrogens with zero attached hydrogens (tertiary/aromatic N) is 2. The molecule has 0 radical (unpaired) electrons. The predicted molar refractivity (Wildman–Crippen MR) is 73.9 cm³/mol. The number of amides is 3. The number of likely N-dealkylation sites (N-methyl/N-ethyl adjacent to an activating group) is 1. The van der Waals surface area contributed by atoms with E-state index in [1.165, 1.54) is 4.90 Å². The van der Waals surface area contributed by atoms with Crippen molar-refractivity contribution in [2.24, 2.45) is 5.92 Å². The third-order valence-corrected chi connectivity index (χ3v) is 2.98. The average molecular weight is 287 g/mol. The molecule has 0 heterocycles. The van der Waals surface area contributed by atoms with Gasteiger partial charge in [0.1, 0.15) is 6.04 Å². The molecule has 20 heavy (non-hydrogen) atoms. The van der Waals surface area contributed by atoms with Gasteiger partial charge in [-0.25, -0.2) is 5.06 Å². The molecule has 0 aromatic heterocycles. The Hall–Kier alpha value is -1.63. The number of hydroxylamine groups is 2. The average Bonchev–Trinajstić information content (AvgIpc) is 2.41. The standard InChI is InChI=1S/C13H25N3O4/c1-5-6-7-11(8-16(20)9-17)12(18)14-10(2)13(19)15(3)4/h9-11,20H,5-8H2,1-4H3,(H,14,18)/t10-,11+/m0/s1. The summed E-state index contributed by atoms with van der Waals surface area (Å²) in [6.07, 6.45) is 2.53. The highest BCUT2D eigenvalue weighted by Gasteiger charge is 2.24. The molecule has 0 aliphatic rings. The molecule has 2 N–H and O–H groups in total. The van der Waals surface area contributed by atoms with Crippen LogP contribution in [0.3, 0.4) is 0 Å². The number of carbonyl (C=O) groups excluding carboxylic acids is 3. The molecule has 0 fully saturated rings. The Balaban J connectivity index is 4.60. The molecule has 0 rings (SSSR count). The quantitative estimate of drug-likeness (QED) is 0.361. The van der Waals surface area contributed by atoms with Crippen LogP contribution in [0.25, 0.3) is 0 Å². The fraction of sp³-hybridized carbons (Fsp3) is 0.769. The van der Waals surface area contributed by atoms with Crippen LogP contribution in [0, 0.1) is 5.92 Å². The molecule has 0 saturated carbocycles. The topological polar surface area (TPSA) is 90.0 Å². The van der Waals surface area contributed by atoms with Crippen LogP contribution in [0.1, 0.15) is 33.1 Å². The Bertz CT molecular complexity index is 334. The largest absolute Gasteiger partial charge is 0.347 e. The maximum atomic E-state index is 12.1. The van der Waals surface area contributed by atoms with Crippen molar-refractivity contribution < 1.29 is 19.6 Å². The summed E-state index contributed by atoms with van der Waals surface area (Å²) in [5, 5.41) is 12.3. The summed E-state index contributed by atoms with van der Waals surface area (Å²) in [7, 11) is 3.23. The number of rotatable bonds is 9. The zero-order chi connectivity index (χ0) is 15.7. The van der Waals surface area contributed by atoms with E-state index in [-0.39, 0.29) is 24.8 Å². The number of carbonyl (C=O) groups is 3. The van der Waals surface area contributed by atoms with Crippen LogP contribution in [0.4, 0.5) is 0 Å². The normalized spacial score (nSPS) is 13.2. The molecule has 0 spiro atoms. The van der Waals surface area contributed by atoms with Gasteiger partial charge in [0, 0.05) is 14.1 Å². The van der Waals surface area contributed by atoms with E-state index in [1.807, 2.05) is 6.92 Å². The van der Waals surface area contributed by atoms with Gasteiger partial charge >= 0.3 is 0 Å². The molecule has 0 bridgehead atoms. The zero-order valence-electron chi connectivity index (χ0n) is 12.6. The Kier molecular flexibility index (Phi) is 8.54. The van der Waals surface area contributed by atoms with Gasteiger partial charge in [0.2, 0.25) is 18.2 Å². The molecule has 0 aromatic carbocycles. The fourth-order valence-corrected chi connectivity index (χ4v) is 1.80. The Morgan fingerprint density at radius 1 is 1.35 bits per heavy atom. The number of unbranched alkanes of at least 4 members (excludes halogenated alkanes) is 1. The van der Waals surface area contributed by atoms with E-state index in [2.05, 4.69) is 5.32 Å². The number of hydrogen-bond acceptors (Lipinski definition) is 4.